The quantitative estimate of drug-likeness (QED) is 0.649. The van der Waals surface area contributed by atoms with Crippen LogP contribution in [-0.4, -0.2) is 34.7 Å². The van der Waals surface area contributed by atoms with E-state index >= 15 is 0 Å². The second-order valence-electron chi connectivity index (χ2n) is 4.94. The number of sulfonamides is 1. The molecule has 1 aromatic carbocycles. The zero-order chi connectivity index (χ0) is 15.7. The molecule has 120 valence electrons. The van der Waals surface area contributed by atoms with E-state index in [1.165, 1.54) is 0 Å². The molecule has 0 heterocycles. The number of benzene rings is 1. The predicted molar refractivity (Wildman–Crippen MR) is 85.2 cm³/mol. The van der Waals surface area contributed by atoms with E-state index in [-0.39, 0.29) is 10.9 Å². The minimum Gasteiger partial charge on any atom is -0.492 e. The van der Waals surface area contributed by atoms with Gasteiger partial charge in [0.05, 0.1) is 4.90 Å². The Morgan fingerprint density at radius 1 is 1.19 bits per heavy atom. The predicted octanol–water partition coefficient (Wildman–Crippen LogP) is 2.14. The average Bonchev–Trinajstić information content (AvgIpc) is 2.47. The second kappa shape index (κ2) is 9.02. The Kier molecular flexibility index (Phi) is 7.71. The van der Waals surface area contributed by atoms with Gasteiger partial charge in [0, 0.05) is 12.6 Å². The molecule has 0 radical (unpaired) electrons. The molecule has 0 saturated carbocycles. The van der Waals surface area contributed by atoms with Gasteiger partial charge in [0.25, 0.3) is 0 Å². The van der Waals surface area contributed by atoms with Crippen molar-refractivity contribution in [3.05, 3.63) is 24.3 Å². The fraction of sp³-hybridized carbons (Fsp3) is 0.600. The Hall–Kier alpha value is -1.11. The number of hydrogen-bond acceptors (Lipinski definition) is 4. The molecule has 0 aromatic heterocycles. The molecule has 5 nitrogen and oxygen atoms in total. The molecule has 0 fully saturated rings. The van der Waals surface area contributed by atoms with Crippen molar-refractivity contribution in [2.45, 2.75) is 44.0 Å². The summed E-state index contributed by atoms with van der Waals surface area (Å²) in [6.07, 6.45) is 2.60. The SMILES string of the molecule is CCCC(CC)NS(=O)(=O)c1ccc(OCCNC)cc1. The fourth-order valence-corrected chi connectivity index (χ4v) is 3.32. The molecule has 1 atom stereocenters. The van der Waals surface area contributed by atoms with Gasteiger partial charge in [0.2, 0.25) is 10.0 Å². The van der Waals surface area contributed by atoms with Crippen LogP contribution in [0.4, 0.5) is 0 Å². The summed E-state index contributed by atoms with van der Waals surface area (Å²) in [5.74, 6) is 0.671. The molecule has 0 amide bonds. The van der Waals surface area contributed by atoms with Crippen LogP contribution >= 0.6 is 0 Å². The van der Waals surface area contributed by atoms with E-state index in [4.69, 9.17) is 4.74 Å². The summed E-state index contributed by atoms with van der Waals surface area (Å²) < 4.78 is 32.8. The molecule has 0 aliphatic heterocycles. The highest BCUT2D eigenvalue weighted by Crippen LogP contribution is 2.17. The average molecular weight is 314 g/mol. The summed E-state index contributed by atoms with van der Waals surface area (Å²) in [5.41, 5.74) is 0. The van der Waals surface area contributed by atoms with Crippen LogP contribution in [0, 0.1) is 0 Å². The van der Waals surface area contributed by atoms with Crippen LogP contribution in [-0.2, 0) is 10.0 Å². The summed E-state index contributed by atoms with van der Waals surface area (Å²) in [7, 11) is -1.60. The summed E-state index contributed by atoms with van der Waals surface area (Å²) in [5, 5.41) is 2.98. The Balaban J connectivity index is 2.70. The molecule has 2 N–H and O–H groups in total. The molecule has 0 bridgehead atoms. The first-order valence-electron chi connectivity index (χ1n) is 7.43. The van der Waals surface area contributed by atoms with Crippen molar-refractivity contribution < 1.29 is 13.2 Å². The van der Waals surface area contributed by atoms with Gasteiger partial charge in [-0.25, -0.2) is 13.1 Å². The number of rotatable bonds is 10. The van der Waals surface area contributed by atoms with Gasteiger partial charge in [-0.15, -0.1) is 0 Å². The molecule has 0 aliphatic rings. The first kappa shape index (κ1) is 17.9. The lowest BCUT2D eigenvalue weighted by Crippen LogP contribution is -2.34. The van der Waals surface area contributed by atoms with Crippen LogP contribution in [0.1, 0.15) is 33.1 Å². The lowest BCUT2D eigenvalue weighted by atomic mass is 10.1. The molecule has 1 rings (SSSR count). The van der Waals surface area contributed by atoms with E-state index in [2.05, 4.69) is 10.0 Å². The van der Waals surface area contributed by atoms with Gasteiger partial charge in [0.1, 0.15) is 12.4 Å². The van der Waals surface area contributed by atoms with Crippen LogP contribution in [0.3, 0.4) is 0 Å². The summed E-state index contributed by atoms with van der Waals surface area (Å²) in [6.45, 7) is 5.34. The van der Waals surface area contributed by atoms with E-state index in [9.17, 15) is 8.42 Å². The zero-order valence-electron chi connectivity index (χ0n) is 13.1. The van der Waals surface area contributed by atoms with Crippen molar-refractivity contribution in [1.82, 2.24) is 10.0 Å². The number of nitrogens with one attached hydrogen (secondary N) is 2. The highest BCUT2D eigenvalue weighted by molar-refractivity contribution is 7.89. The largest absolute Gasteiger partial charge is 0.492 e. The van der Waals surface area contributed by atoms with Gasteiger partial charge in [-0.3, -0.25) is 0 Å². The van der Waals surface area contributed by atoms with Gasteiger partial charge in [-0.1, -0.05) is 20.3 Å². The van der Waals surface area contributed by atoms with Crippen LogP contribution in [0.15, 0.2) is 29.2 Å². The second-order valence-corrected chi connectivity index (χ2v) is 6.65. The third-order valence-corrected chi connectivity index (χ3v) is 4.74. The van der Waals surface area contributed by atoms with E-state index in [1.807, 2.05) is 20.9 Å². The van der Waals surface area contributed by atoms with Crippen LogP contribution in [0.5, 0.6) is 5.75 Å². The van der Waals surface area contributed by atoms with Crippen molar-refractivity contribution in [2.24, 2.45) is 0 Å². The van der Waals surface area contributed by atoms with Crippen LogP contribution in [0.25, 0.3) is 0 Å². The molecule has 0 aliphatic carbocycles. The maximum Gasteiger partial charge on any atom is 0.240 e. The normalized spacial score (nSPS) is 13.1. The van der Waals surface area contributed by atoms with Gasteiger partial charge in [0.15, 0.2) is 0 Å². The maximum atomic E-state index is 12.3. The minimum absolute atomic E-state index is 0.00782. The van der Waals surface area contributed by atoms with Gasteiger partial charge in [-0.2, -0.15) is 0 Å². The van der Waals surface area contributed by atoms with E-state index in [0.29, 0.717) is 12.4 Å². The highest BCUT2D eigenvalue weighted by atomic mass is 32.2. The van der Waals surface area contributed by atoms with Crippen LogP contribution < -0.4 is 14.8 Å². The summed E-state index contributed by atoms with van der Waals surface area (Å²) >= 11 is 0. The Bertz CT molecular complexity index is 500. The van der Waals surface area contributed by atoms with E-state index < -0.39 is 10.0 Å². The third kappa shape index (κ3) is 6.03. The molecule has 21 heavy (non-hydrogen) atoms. The Labute approximate surface area is 128 Å². The molecular weight excluding hydrogens is 288 g/mol. The molecule has 6 heteroatoms. The maximum absolute atomic E-state index is 12.3. The Morgan fingerprint density at radius 2 is 1.86 bits per heavy atom. The van der Waals surface area contributed by atoms with Gasteiger partial charge in [-0.05, 0) is 44.2 Å². The van der Waals surface area contributed by atoms with Crippen molar-refractivity contribution in [3.63, 3.8) is 0 Å². The smallest absolute Gasteiger partial charge is 0.240 e. The lowest BCUT2D eigenvalue weighted by Gasteiger charge is -2.16. The fourth-order valence-electron chi connectivity index (χ4n) is 1.97. The van der Waals surface area contributed by atoms with Crippen molar-refractivity contribution in [2.75, 3.05) is 20.2 Å². The number of ether oxygens (including phenoxy) is 1. The van der Waals surface area contributed by atoms with Gasteiger partial charge < -0.3 is 10.1 Å². The molecular formula is C15H26N2O3S. The first-order chi connectivity index (χ1) is 10.0. The standard InChI is InChI=1S/C15H26N2O3S/c1-4-6-13(5-2)17-21(18,19)15-9-7-14(8-10-15)20-12-11-16-3/h7-10,13,16-17H,4-6,11-12H2,1-3H3. The zero-order valence-corrected chi connectivity index (χ0v) is 13.9. The molecule has 1 aromatic rings. The lowest BCUT2D eigenvalue weighted by molar-refractivity contribution is 0.318. The Morgan fingerprint density at radius 3 is 2.38 bits per heavy atom. The summed E-state index contributed by atoms with van der Waals surface area (Å²) in [6, 6.07) is 6.52. The monoisotopic (exact) mass is 314 g/mol. The molecule has 0 spiro atoms. The van der Waals surface area contributed by atoms with Crippen molar-refractivity contribution in [1.29, 1.82) is 0 Å². The number of hydrogen-bond donors (Lipinski definition) is 2. The van der Waals surface area contributed by atoms with Gasteiger partial charge >= 0.3 is 0 Å². The van der Waals surface area contributed by atoms with E-state index in [0.717, 1.165) is 25.8 Å². The molecule has 0 saturated heterocycles. The topological polar surface area (TPSA) is 67.4 Å². The van der Waals surface area contributed by atoms with Crippen LogP contribution in [0.2, 0.25) is 0 Å². The first-order valence-corrected chi connectivity index (χ1v) is 8.91. The van der Waals surface area contributed by atoms with Crippen molar-refractivity contribution in [3.8, 4) is 5.75 Å². The number of likely N-dealkylation sites (N-methyl/N-ethyl adjacent to an activating group) is 1. The minimum atomic E-state index is -3.45. The van der Waals surface area contributed by atoms with E-state index in [1.54, 1.807) is 24.3 Å². The third-order valence-electron chi connectivity index (χ3n) is 3.21. The molecule has 1 unspecified atom stereocenters. The summed E-state index contributed by atoms with van der Waals surface area (Å²) in [4.78, 5) is 0.276. The highest BCUT2D eigenvalue weighted by Gasteiger charge is 2.18. The van der Waals surface area contributed by atoms with Crippen molar-refractivity contribution >= 4 is 10.0 Å².